The molecule has 1 fully saturated rings. The number of aliphatic hydroxyl groups excluding tert-OH is 3. The lowest BCUT2D eigenvalue weighted by Gasteiger charge is -2.40. The van der Waals surface area contributed by atoms with Gasteiger partial charge in [-0.1, -0.05) is 32.6 Å². The van der Waals surface area contributed by atoms with E-state index in [4.69, 9.17) is 19.3 Å². The zero-order valence-electron chi connectivity index (χ0n) is 13.5. The minimum Gasteiger partial charge on any atom is -0.388 e. The first-order valence-corrected chi connectivity index (χ1v) is 9.92. The zero-order valence-corrected chi connectivity index (χ0v) is 14.3. The molecule has 1 saturated heterocycles. The molecule has 0 spiro atoms. The van der Waals surface area contributed by atoms with Crippen molar-refractivity contribution in [3.63, 3.8) is 0 Å². The van der Waals surface area contributed by atoms with Gasteiger partial charge in [-0.25, -0.2) is 0 Å². The Bertz CT molecular complexity index is 374. The summed E-state index contributed by atoms with van der Waals surface area (Å²) < 4.78 is 21.7. The van der Waals surface area contributed by atoms with E-state index in [-0.39, 0.29) is 6.42 Å². The quantitative estimate of drug-likeness (QED) is 0.279. The van der Waals surface area contributed by atoms with Crippen molar-refractivity contribution in [2.45, 2.75) is 76.2 Å². The van der Waals surface area contributed by atoms with Crippen molar-refractivity contribution < 1.29 is 39.1 Å². The van der Waals surface area contributed by atoms with Crippen molar-refractivity contribution >= 4 is 7.60 Å². The van der Waals surface area contributed by atoms with Crippen molar-refractivity contribution in [3.8, 4) is 0 Å². The Labute approximate surface area is 136 Å². The summed E-state index contributed by atoms with van der Waals surface area (Å²) in [5.74, 6) is 0. The molecule has 0 saturated carbocycles. The molecule has 8 nitrogen and oxygen atoms in total. The largest absolute Gasteiger partial charge is 0.388 e. The maximum atomic E-state index is 10.9. The standard InChI is InChI=1S/C14H29O8P/c1-2-3-4-5-6-8-21-14-13(17)12(16)11(15)10(22-14)7-9-23(18,19)20/h10-17H,2-9H2,1H3,(H2,18,19,20). The fourth-order valence-corrected chi connectivity index (χ4v) is 3.08. The third kappa shape index (κ3) is 7.58. The predicted octanol–water partition coefficient (Wildman–Crippen LogP) is 0.349. The van der Waals surface area contributed by atoms with E-state index in [0.717, 1.165) is 32.1 Å². The first-order valence-electron chi connectivity index (χ1n) is 8.12. The molecule has 138 valence electrons. The summed E-state index contributed by atoms with van der Waals surface area (Å²) in [5, 5.41) is 29.6. The van der Waals surface area contributed by atoms with Crippen molar-refractivity contribution in [3.05, 3.63) is 0 Å². The Balaban J connectivity index is 2.43. The van der Waals surface area contributed by atoms with E-state index in [0.29, 0.717) is 6.61 Å². The topological polar surface area (TPSA) is 137 Å². The third-order valence-corrected chi connectivity index (χ3v) is 4.74. The van der Waals surface area contributed by atoms with Crippen LogP contribution in [-0.2, 0) is 14.0 Å². The van der Waals surface area contributed by atoms with Gasteiger partial charge in [0, 0.05) is 6.61 Å². The third-order valence-electron chi connectivity index (χ3n) is 3.90. The van der Waals surface area contributed by atoms with E-state index in [1.54, 1.807) is 0 Å². The molecule has 0 aromatic carbocycles. The van der Waals surface area contributed by atoms with Crippen LogP contribution in [0.2, 0.25) is 0 Å². The van der Waals surface area contributed by atoms with E-state index in [1.807, 2.05) is 0 Å². The van der Waals surface area contributed by atoms with Gasteiger partial charge in [0.25, 0.3) is 0 Å². The molecule has 0 aromatic rings. The van der Waals surface area contributed by atoms with E-state index < -0.39 is 44.5 Å². The summed E-state index contributed by atoms with van der Waals surface area (Å²) in [7, 11) is -4.23. The highest BCUT2D eigenvalue weighted by molar-refractivity contribution is 7.51. The molecule has 5 atom stereocenters. The monoisotopic (exact) mass is 356 g/mol. The van der Waals surface area contributed by atoms with Crippen LogP contribution in [0.5, 0.6) is 0 Å². The summed E-state index contributed by atoms with van der Waals surface area (Å²) in [4.78, 5) is 17.8. The molecule has 0 aromatic heterocycles. The van der Waals surface area contributed by atoms with Gasteiger partial charge in [0.1, 0.15) is 18.3 Å². The van der Waals surface area contributed by atoms with Crippen LogP contribution in [0, 0.1) is 0 Å². The summed E-state index contributed by atoms with van der Waals surface area (Å²) in [6, 6.07) is 0. The van der Waals surface area contributed by atoms with Crippen molar-refractivity contribution in [1.29, 1.82) is 0 Å². The molecule has 1 rings (SSSR count). The second-order valence-electron chi connectivity index (χ2n) is 5.98. The molecule has 1 heterocycles. The smallest absolute Gasteiger partial charge is 0.325 e. The van der Waals surface area contributed by atoms with E-state index in [2.05, 4.69) is 6.92 Å². The summed E-state index contributed by atoms with van der Waals surface area (Å²) in [6.45, 7) is 2.46. The van der Waals surface area contributed by atoms with Crippen LogP contribution in [0.4, 0.5) is 0 Å². The van der Waals surface area contributed by atoms with E-state index in [9.17, 15) is 19.9 Å². The van der Waals surface area contributed by atoms with Gasteiger partial charge in [-0.05, 0) is 12.8 Å². The van der Waals surface area contributed by atoms with Crippen LogP contribution in [0.25, 0.3) is 0 Å². The van der Waals surface area contributed by atoms with Crippen LogP contribution < -0.4 is 0 Å². The van der Waals surface area contributed by atoms with Gasteiger partial charge in [-0.2, -0.15) is 0 Å². The first kappa shape index (κ1) is 21.0. The van der Waals surface area contributed by atoms with Crippen LogP contribution >= 0.6 is 7.60 Å². The number of ether oxygens (including phenoxy) is 2. The maximum absolute atomic E-state index is 10.9. The highest BCUT2D eigenvalue weighted by Gasteiger charge is 2.44. The molecule has 0 bridgehead atoms. The minimum absolute atomic E-state index is 0.133. The van der Waals surface area contributed by atoms with Gasteiger partial charge in [0.15, 0.2) is 6.29 Å². The number of hydrogen-bond acceptors (Lipinski definition) is 6. The van der Waals surface area contributed by atoms with Crippen LogP contribution in [0.15, 0.2) is 0 Å². The molecule has 0 radical (unpaired) electrons. The van der Waals surface area contributed by atoms with Gasteiger partial charge < -0.3 is 34.6 Å². The van der Waals surface area contributed by atoms with Crippen molar-refractivity contribution in [1.82, 2.24) is 0 Å². The Kier molecular flexibility index (Phi) is 9.18. The lowest BCUT2D eigenvalue weighted by molar-refractivity contribution is -0.297. The molecule has 1 aliphatic heterocycles. The second kappa shape index (κ2) is 10.1. The normalized spacial score (nSPS) is 32.2. The SMILES string of the molecule is CCCCCCCOC1OC(CCP(=O)(O)O)C(O)C(O)C1O. The summed E-state index contributed by atoms with van der Waals surface area (Å²) in [6.07, 6.45) is -1.83. The van der Waals surface area contributed by atoms with Gasteiger partial charge in [-0.3, -0.25) is 4.57 Å². The lowest BCUT2D eigenvalue weighted by atomic mass is 9.97. The highest BCUT2D eigenvalue weighted by atomic mass is 31.2. The fourth-order valence-electron chi connectivity index (χ4n) is 2.49. The predicted molar refractivity (Wildman–Crippen MR) is 82.9 cm³/mol. The maximum Gasteiger partial charge on any atom is 0.325 e. The summed E-state index contributed by atoms with van der Waals surface area (Å²) >= 11 is 0. The van der Waals surface area contributed by atoms with Gasteiger partial charge in [0.05, 0.1) is 12.3 Å². The average Bonchev–Trinajstić information content (AvgIpc) is 2.48. The number of hydrogen-bond donors (Lipinski definition) is 5. The molecule has 9 heteroatoms. The van der Waals surface area contributed by atoms with E-state index in [1.165, 1.54) is 0 Å². The van der Waals surface area contributed by atoms with Crippen LogP contribution in [0.3, 0.4) is 0 Å². The molecular weight excluding hydrogens is 327 g/mol. The molecule has 5 N–H and O–H groups in total. The Morgan fingerprint density at radius 1 is 1.00 bits per heavy atom. The number of rotatable bonds is 10. The van der Waals surface area contributed by atoms with Crippen LogP contribution in [-0.4, -0.2) is 68.6 Å². The Morgan fingerprint density at radius 2 is 1.65 bits per heavy atom. The second-order valence-corrected chi connectivity index (χ2v) is 7.75. The van der Waals surface area contributed by atoms with Gasteiger partial charge in [0.2, 0.25) is 0 Å². The molecule has 0 aliphatic carbocycles. The number of aliphatic hydroxyl groups is 3. The first-order chi connectivity index (χ1) is 10.8. The summed E-state index contributed by atoms with van der Waals surface area (Å²) in [5.41, 5.74) is 0. The van der Waals surface area contributed by atoms with Gasteiger partial charge >= 0.3 is 7.60 Å². The molecule has 1 aliphatic rings. The van der Waals surface area contributed by atoms with Crippen molar-refractivity contribution in [2.75, 3.05) is 12.8 Å². The van der Waals surface area contributed by atoms with Crippen molar-refractivity contribution in [2.24, 2.45) is 0 Å². The molecule has 23 heavy (non-hydrogen) atoms. The van der Waals surface area contributed by atoms with Gasteiger partial charge in [-0.15, -0.1) is 0 Å². The fraction of sp³-hybridized carbons (Fsp3) is 1.00. The Morgan fingerprint density at radius 3 is 2.26 bits per heavy atom. The number of unbranched alkanes of at least 4 members (excludes halogenated alkanes) is 4. The lowest BCUT2D eigenvalue weighted by Crippen LogP contribution is -2.58. The molecule has 0 amide bonds. The zero-order chi connectivity index (χ0) is 17.5. The van der Waals surface area contributed by atoms with Crippen LogP contribution in [0.1, 0.15) is 45.4 Å². The molecular formula is C14H29O8P. The highest BCUT2D eigenvalue weighted by Crippen LogP contribution is 2.37. The Hall–Kier alpha value is -0.0500. The van der Waals surface area contributed by atoms with E-state index >= 15 is 0 Å². The average molecular weight is 356 g/mol. The minimum atomic E-state index is -4.23. The molecule has 5 unspecified atom stereocenters.